The van der Waals surface area contributed by atoms with E-state index >= 15 is 4.39 Å². The van der Waals surface area contributed by atoms with Gasteiger partial charge < -0.3 is 20.3 Å². The Balaban J connectivity index is 1.81. The summed E-state index contributed by atoms with van der Waals surface area (Å²) in [4.78, 5) is 33.6. The Hall–Kier alpha value is -4.02. The number of nitrogen functional groups attached to an aromatic ring is 1. The standard InChI is InChI=1S/C26H20Cl2F4N6O3/c1-2-19(39)36-10-13-4-6-41-17-9-35-22-14(23(17)37(13)11-12(36)3-5-33)7-18(26(30,31)32)38(25(22)40)24-20(29)15(27)8-16(28)21(24)34/h2,7-9,12-13H,1,3-4,6,10-11,34H2. The maximum atomic E-state index is 15.2. The summed E-state index contributed by atoms with van der Waals surface area (Å²) in [7, 11) is 0. The van der Waals surface area contributed by atoms with Crippen molar-refractivity contribution >= 4 is 51.4 Å². The van der Waals surface area contributed by atoms with Gasteiger partial charge in [0.2, 0.25) is 5.91 Å². The highest BCUT2D eigenvalue weighted by Crippen LogP contribution is 2.43. The van der Waals surface area contributed by atoms with Crippen molar-refractivity contribution in [2.75, 3.05) is 30.3 Å². The fraction of sp³-hybridized carbons (Fsp3) is 0.308. The molecule has 2 N–H and O–H groups in total. The van der Waals surface area contributed by atoms with E-state index in [0.29, 0.717) is 12.5 Å². The number of pyridine rings is 2. The molecule has 2 aliphatic heterocycles. The minimum Gasteiger partial charge on any atom is -0.490 e. The van der Waals surface area contributed by atoms with Gasteiger partial charge in [0.25, 0.3) is 5.56 Å². The number of nitriles is 1. The monoisotopic (exact) mass is 610 g/mol. The third-order valence-electron chi connectivity index (χ3n) is 7.16. The lowest BCUT2D eigenvalue weighted by Gasteiger charge is -2.46. The molecule has 5 rings (SSSR count). The van der Waals surface area contributed by atoms with Gasteiger partial charge >= 0.3 is 6.18 Å². The molecule has 0 spiro atoms. The third-order valence-corrected chi connectivity index (χ3v) is 7.74. The number of ether oxygens (including phenoxy) is 1. The number of benzene rings is 1. The zero-order valence-corrected chi connectivity index (χ0v) is 22.5. The van der Waals surface area contributed by atoms with E-state index in [-0.39, 0.29) is 52.5 Å². The van der Waals surface area contributed by atoms with Crippen LogP contribution in [0.4, 0.5) is 28.9 Å². The lowest BCUT2D eigenvalue weighted by Crippen LogP contribution is -2.59. The number of nitrogens with two attached hydrogens (primary N) is 1. The van der Waals surface area contributed by atoms with Crippen LogP contribution in [0.3, 0.4) is 0 Å². The van der Waals surface area contributed by atoms with E-state index in [2.05, 4.69) is 11.6 Å². The Bertz CT molecular complexity index is 1680. The zero-order chi connectivity index (χ0) is 29.8. The van der Waals surface area contributed by atoms with Gasteiger partial charge in [-0.1, -0.05) is 29.8 Å². The van der Waals surface area contributed by atoms with Crippen molar-refractivity contribution < 1.29 is 27.1 Å². The number of halogens is 6. The summed E-state index contributed by atoms with van der Waals surface area (Å²) >= 11 is 11.8. The van der Waals surface area contributed by atoms with Crippen molar-refractivity contribution in [3.63, 3.8) is 0 Å². The van der Waals surface area contributed by atoms with Crippen LogP contribution in [0.15, 0.2) is 35.8 Å². The SMILES string of the molecule is C=CC(=O)N1CC2CCOc3cnc4c(=O)n(-c5c(N)c(Cl)cc(Cl)c5F)c(C(F)(F)F)cc4c3N2CC1CC#N. The van der Waals surface area contributed by atoms with Crippen LogP contribution >= 0.6 is 23.2 Å². The van der Waals surface area contributed by atoms with Gasteiger partial charge in [-0.2, -0.15) is 18.4 Å². The maximum Gasteiger partial charge on any atom is 0.431 e. The molecule has 3 aromatic rings. The van der Waals surface area contributed by atoms with Crippen molar-refractivity contribution in [2.45, 2.75) is 31.1 Å². The van der Waals surface area contributed by atoms with Gasteiger partial charge in [-0.05, 0) is 18.2 Å². The van der Waals surface area contributed by atoms with Crippen LogP contribution in [0.25, 0.3) is 16.6 Å². The Kier molecular flexibility index (Phi) is 7.25. The van der Waals surface area contributed by atoms with E-state index in [4.69, 9.17) is 33.7 Å². The minimum absolute atomic E-state index is 0.0587. The second-order valence-electron chi connectivity index (χ2n) is 9.47. The highest BCUT2D eigenvalue weighted by molar-refractivity contribution is 6.37. The predicted octanol–water partition coefficient (Wildman–Crippen LogP) is 4.70. The van der Waals surface area contributed by atoms with Gasteiger partial charge in [0.15, 0.2) is 11.6 Å². The molecule has 2 aliphatic rings. The summed E-state index contributed by atoms with van der Waals surface area (Å²) in [5.41, 5.74) is 1.09. The highest BCUT2D eigenvalue weighted by Gasteiger charge is 2.41. The maximum absolute atomic E-state index is 15.2. The number of piperazine rings is 1. The van der Waals surface area contributed by atoms with Gasteiger partial charge in [0.05, 0.1) is 58.8 Å². The zero-order valence-electron chi connectivity index (χ0n) is 21.0. The number of amides is 1. The number of fused-ring (bicyclic) bond motifs is 5. The first-order valence-electron chi connectivity index (χ1n) is 12.2. The molecule has 2 unspecified atom stereocenters. The predicted molar refractivity (Wildman–Crippen MR) is 144 cm³/mol. The number of hydrogen-bond donors (Lipinski definition) is 1. The molecule has 214 valence electrons. The Morgan fingerprint density at radius 1 is 1.27 bits per heavy atom. The van der Waals surface area contributed by atoms with Crippen LogP contribution in [-0.2, 0) is 11.0 Å². The van der Waals surface area contributed by atoms with Gasteiger partial charge in [0, 0.05) is 24.9 Å². The van der Waals surface area contributed by atoms with Crippen molar-refractivity contribution in [3.8, 4) is 17.5 Å². The minimum atomic E-state index is -5.17. The topological polar surface area (TPSA) is 117 Å². The molecule has 41 heavy (non-hydrogen) atoms. The molecule has 0 saturated carbocycles. The second-order valence-corrected chi connectivity index (χ2v) is 10.3. The molecule has 1 amide bonds. The largest absolute Gasteiger partial charge is 0.490 e. The van der Waals surface area contributed by atoms with Crippen LogP contribution in [0.1, 0.15) is 18.5 Å². The Morgan fingerprint density at radius 3 is 2.66 bits per heavy atom. The normalized spacial score (nSPS) is 18.7. The van der Waals surface area contributed by atoms with Crippen molar-refractivity contribution in [1.82, 2.24) is 14.5 Å². The molecule has 2 atom stereocenters. The quantitative estimate of drug-likeness (QED) is 0.198. The molecule has 15 heteroatoms. The first kappa shape index (κ1) is 28.5. The van der Waals surface area contributed by atoms with E-state index < -0.39 is 63.2 Å². The van der Waals surface area contributed by atoms with Gasteiger partial charge in [-0.15, -0.1) is 0 Å². The average Bonchev–Trinajstić information content (AvgIpc) is 3.10. The molecule has 1 fully saturated rings. The number of alkyl halides is 3. The van der Waals surface area contributed by atoms with Gasteiger partial charge in [-0.3, -0.25) is 14.2 Å². The fourth-order valence-corrected chi connectivity index (χ4v) is 5.77. The van der Waals surface area contributed by atoms with E-state index in [0.717, 1.165) is 12.1 Å². The fourth-order valence-electron chi connectivity index (χ4n) is 5.31. The van der Waals surface area contributed by atoms with E-state index in [9.17, 15) is 28.0 Å². The second kappa shape index (κ2) is 10.4. The molecule has 1 aromatic carbocycles. The van der Waals surface area contributed by atoms with Gasteiger partial charge in [-0.25, -0.2) is 9.37 Å². The summed E-state index contributed by atoms with van der Waals surface area (Å²) < 4.78 is 64.7. The lowest BCUT2D eigenvalue weighted by molar-refractivity contribution is -0.142. The van der Waals surface area contributed by atoms with E-state index in [1.54, 1.807) is 4.90 Å². The van der Waals surface area contributed by atoms with Crippen molar-refractivity contribution in [2.24, 2.45) is 0 Å². The van der Waals surface area contributed by atoms with Crippen LogP contribution < -0.4 is 20.9 Å². The average molecular weight is 611 g/mol. The van der Waals surface area contributed by atoms with Crippen LogP contribution in [0.5, 0.6) is 5.75 Å². The molecule has 0 aliphatic carbocycles. The Morgan fingerprint density at radius 2 is 2.00 bits per heavy atom. The number of aromatic nitrogens is 2. The van der Waals surface area contributed by atoms with Crippen LogP contribution in [0, 0.1) is 17.1 Å². The summed E-state index contributed by atoms with van der Waals surface area (Å²) in [6.45, 7) is 3.85. The lowest BCUT2D eigenvalue weighted by atomic mass is 10.00. The molecule has 1 saturated heterocycles. The number of carbonyl (C=O) groups is 1. The first-order chi connectivity index (χ1) is 19.4. The van der Waals surface area contributed by atoms with E-state index in [1.165, 1.54) is 11.1 Å². The molecule has 4 heterocycles. The highest BCUT2D eigenvalue weighted by atomic mass is 35.5. The number of anilines is 2. The van der Waals surface area contributed by atoms with Crippen LogP contribution in [-0.4, -0.2) is 52.1 Å². The molecular weight excluding hydrogens is 591 g/mol. The van der Waals surface area contributed by atoms with Crippen molar-refractivity contribution in [1.29, 1.82) is 5.26 Å². The molecule has 0 bridgehead atoms. The molecule has 9 nitrogen and oxygen atoms in total. The smallest absolute Gasteiger partial charge is 0.431 e. The summed E-state index contributed by atoms with van der Waals surface area (Å²) in [6, 6.07) is 2.56. The van der Waals surface area contributed by atoms with Crippen LogP contribution in [0.2, 0.25) is 10.0 Å². The molecular formula is C26H20Cl2F4N6O3. The molecule has 0 radical (unpaired) electrons. The van der Waals surface area contributed by atoms with E-state index in [1.807, 2.05) is 6.07 Å². The third kappa shape index (κ3) is 4.70. The number of nitrogens with zero attached hydrogens (tertiary/aromatic N) is 5. The summed E-state index contributed by atoms with van der Waals surface area (Å²) in [6.07, 6.45) is -2.53. The number of carbonyl (C=O) groups excluding carboxylic acids is 1. The summed E-state index contributed by atoms with van der Waals surface area (Å²) in [5, 5.41) is 8.19. The molecule has 2 aromatic heterocycles. The first-order valence-corrected chi connectivity index (χ1v) is 12.9. The summed E-state index contributed by atoms with van der Waals surface area (Å²) in [5.74, 6) is -1.65. The Labute approximate surface area is 239 Å². The number of hydrogen-bond acceptors (Lipinski definition) is 7. The number of rotatable bonds is 3. The van der Waals surface area contributed by atoms with Gasteiger partial charge in [0.1, 0.15) is 16.9 Å². The van der Waals surface area contributed by atoms with Crippen molar-refractivity contribution in [3.05, 3.63) is 62.9 Å².